The van der Waals surface area contributed by atoms with Crippen LogP contribution in [0, 0.1) is 5.41 Å². The Morgan fingerprint density at radius 1 is 1.19 bits per heavy atom. The average molecular weight is 224 g/mol. The van der Waals surface area contributed by atoms with Gasteiger partial charge in [0.25, 0.3) is 0 Å². The Morgan fingerprint density at radius 3 is 2.44 bits per heavy atom. The Hall–Kier alpha value is -0.0800. The van der Waals surface area contributed by atoms with Crippen molar-refractivity contribution >= 4 is 0 Å². The molecule has 2 nitrogen and oxygen atoms in total. The number of rotatable bonds is 1. The van der Waals surface area contributed by atoms with Crippen LogP contribution in [0.4, 0.5) is 0 Å². The average Bonchev–Trinajstić information content (AvgIpc) is 2.50. The van der Waals surface area contributed by atoms with Gasteiger partial charge in [-0.1, -0.05) is 20.3 Å². The van der Waals surface area contributed by atoms with Crippen LogP contribution in [0.5, 0.6) is 0 Å². The van der Waals surface area contributed by atoms with E-state index in [1.807, 2.05) is 0 Å². The van der Waals surface area contributed by atoms with Crippen molar-refractivity contribution in [3.8, 4) is 0 Å². The van der Waals surface area contributed by atoms with Crippen LogP contribution in [0.1, 0.15) is 53.9 Å². The van der Waals surface area contributed by atoms with Gasteiger partial charge in [0, 0.05) is 30.7 Å². The molecule has 1 saturated heterocycles. The maximum Gasteiger partial charge on any atom is 0.0253 e. The van der Waals surface area contributed by atoms with Gasteiger partial charge < -0.3 is 5.32 Å². The SMILES string of the molecule is CC1CNC(C)(C)CN1C1CCCC1(C)C. The van der Waals surface area contributed by atoms with Gasteiger partial charge in [0.2, 0.25) is 0 Å². The van der Waals surface area contributed by atoms with Crippen LogP contribution in [0.3, 0.4) is 0 Å². The largest absolute Gasteiger partial charge is 0.309 e. The number of nitrogens with zero attached hydrogens (tertiary/aromatic N) is 1. The van der Waals surface area contributed by atoms with Crippen LogP contribution in [-0.2, 0) is 0 Å². The van der Waals surface area contributed by atoms with E-state index in [1.54, 1.807) is 0 Å². The monoisotopic (exact) mass is 224 g/mol. The van der Waals surface area contributed by atoms with Crippen molar-refractivity contribution in [3.05, 3.63) is 0 Å². The van der Waals surface area contributed by atoms with Gasteiger partial charge in [-0.2, -0.15) is 0 Å². The van der Waals surface area contributed by atoms with Crippen molar-refractivity contribution in [1.82, 2.24) is 10.2 Å². The lowest BCUT2D eigenvalue weighted by molar-refractivity contribution is 0.0225. The van der Waals surface area contributed by atoms with Gasteiger partial charge in [0.15, 0.2) is 0 Å². The minimum Gasteiger partial charge on any atom is -0.309 e. The fourth-order valence-electron chi connectivity index (χ4n) is 3.55. The number of hydrogen-bond donors (Lipinski definition) is 1. The molecule has 2 unspecified atom stereocenters. The summed E-state index contributed by atoms with van der Waals surface area (Å²) in [4.78, 5) is 2.77. The van der Waals surface area contributed by atoms with E-state index in [2.05, 4.69) is 44.8 Å². The molecule has 1 heterocycles. The second-order valence-electron chi connectivity index (χ2n) is 7.18. The smallest absolute Gasteiger partial charge is 0.0253 e. The molecule has 1 aliphatic carbocycles. The summed E-state index contributed by atoms with van der Waals surface area (Å²) in [5.74, 6) is 0. The van der Waals surface area contributed by atoms with Crippen molar-refractivity contribution in [3.63, 3.8) is 0 Å². The highest BCUT2D eigenvalue weighted by molar-refractivity contribution is 4.99. The van der Waals surface area contributed by atoms with E-state index in [9.17, 15) is 0 Å². The predicted molar refractivity (Wildman–Crippen MR) is 69.7 cm³/mol. The summed E-state index contributed by atoms with van der Waals surface area (Å²) in [6.45, 7) is 14.3. The van der Waals surface area contributed by atoms with Gasteiger partial charge in [-0.05, 0) is 39.0 Å². The van der Waals surface area contributed by atoms with E-state index in [0.717, 1.165) is 12.6 Å². The topological polar surface area (TPSA) is 15.3 Å². The molecule has 0 amide bonds. The first kappa shape index (κ1) is 12.4. The molecule has 1 aliphatic heterocycles. The molecule has 2 fully saturated rings. The van der Waals surface area contributed by atoms with Crippen LogP contribution in [0.25, 0.3) is 0 Å². The minimum absolute atomic E-state index is 0.283. The molecule has 2 atom stereocenters. The van der Waals surface area contributed by atoms with Gasteiger partial charge in [-0.3, -0.25) is 4.90 Å². The lowest BCUT2D eigenvalue weighted by atomic mass is 9.84. The van der Waals surface area contributed by atoms with E-state index in [4.69, 9.17) is 0 Å². The maximum absolute atomic E-state index is 3.65. The third kappa shape index (κ3) is 2.28. The second kappa shape index (κ2) is 3.99. The van der Waals surface area contributed by atoms with Crippen molar-refractivity contribution in [1.29, 1.82) is 0 Å². The summed E-state index contributed by atoms with van der Waals surface area (Å²) >= 11 is 0. The molecule has 1 N–H and O–H groups in total. The molecule has 16 heavy (non-hydrogen) atoms. The van der Waals surface area contributed by atoms with Gasteiger partial charge in [0.05, 0.1) is 0 Å². The quantitative estimate of drug-likeness (QED) is 0.736. The van der Waals surface area contributed by atoms with Crippen LogP contribution < -0.4 is 5.32 Å². The first-order valence-corrected chi connectivity index (χ1v) is 6.83. The number of piperazine rings is 1. The van der Waals surface area contributed by atoms with Crippen molar-refractivity contribution in [2.24, 2.45) is 5.41 Å². The second-order valence-corrected chi connectivity index (χ2v) is 7.18. The van der Waals surface area contributed by atoms with Crippen LogP contribution in [0.15, 0.2) is 0 Å². The summed E-state index contributed by atoms with van der Waals surface area (Å²) in [6.07, 6.45) is 4.21. The summed E-state index contributed by atoms with van der Waals surface area (Å²) in [7, 11) is 0. The predicted octanol–water partition coefficient (Wildman–Crippen LogP) is 2.64. The van der Waals surface area contributed by atoms with Crippen LogP contribution >= 0.6 is 0 Å². The minimum atomic E-state index is 0.283. The van der Waals surface area contributed by atoms with Crippen molar-refractivity contribution in [2.75, 3.05) is 13.1 Å². The Bertz CT molecular complexity index is 257. The van der Waals surface area contributed by atoms with Crippen molar-refractivity contribution in [2.45, 2.75) is 71.5 Å². The Morgan fingerprint density at radius 2 is 1.88 bits per heavy atom. The van der Waals surface area contributed by atoms with Crippen molar-refractivity contribution < 1.29 is 0 Å². The zero-order valence-corrected chi connectivity index (χ0v) is 11.6. The molecule has 0 aromatic rings. The van der Waals surface area contributed by atoms with Crippen LogP contribution in [0.2, 0.25) is 0 Å². The Balaban J connectivity index is 2.12. The molecule has 2 rings (SSSR count). The lowest BCUT2D eigenvalue weighted by Gasteiger charge is -2.49. The summed E-state index contributed by atoms with van der Waals surface area (Å²) in [6, 6.07) is 1.49. The van der Waals surface area contributed by atoms with E-state index in [-0.39, 0.29) is 5.54 Å². The fraction of sp³-hybridized carbons (Fsp3) is 1.00. The highest BCUT2D eigenvalue weighted by Gasteiger charge is 2.43. The third-order valence-corrected chi connectivity index (χ3v) is 4.62. The number of hydrogen-bond acceptors (Lipinski definition) is 2. The molecule has 0 aromatic carbocycles. The maximum atomic E-state index is 3.65. The molecule has 94 valence electrons. The molecule has 0 spiro atoms. The highest BCUT2D eigenvalue weighted by Crippen LogP contribution is 2.42. The molecule has 2 heteroatoms. The first-order valence-electron chi connectivity index (χ1n) is 6.83. The molecule has 1 saturated carbocycles. The summed E-state index contributed by atoms with van der Waals surface area (Å²) in [5, 5.41) is 3.65. The standard InChI is InChI=1S/C14H28N2/c1-11-9-15-14(4,5)10-16(11)12-7-6-8-13(12,2)3/h11-12,15H,6-10H2,1-5H3. The van der Waals surface area contributed by atoms with Crippen LogP contribution in [-0.4, -0.2) is 35.6 Å². The van der Waals surface area contributed by atoms with E-state index >= 15 is 0 Å². The molecular weight excluding hydrogens is 196 g/mol. The molecular formula is C14H28N2. The summed E-state index contributed by atoms with van der Waals surface area (Å²) in [5.41, 5.74) is 0.798. The molecule has 0 aromatic heterocycles. The first-order chi connectivity index (χ1) is 7.32. The normalized spacial score (nSPS) is 38.8. The van der Waals surface area contributed by atoms with Gasteiger partial charge in [0.1, 0.15) is 0 Å². The van der Waals surface area contributed by atoms with E-state index in [0.29, 0.717) is 11.5 Å². The Labute approximate surface area is 101 Å². The zero-order valence-electron chi connectivity index (χ0n) is 11.6. The Kier molecular flexibility index (Phi) is 3.09. The van der Waals surface area contributed by atoms with Gasteiger partial charge in [-0.25, -0.2) is 0 Å². The molecule has 0 bridgehead atoms. The van der Waals surface area contributed by atoms with E-state index < -0.39 is 0 Å². The zero-order chi connectivity index (χ0) is 12.0. The summed E-state index contributed by atoms with van der Waals surface area (Å²) < 4.78 is 0. The van der Waals surface area contributed by atoms with E-state index in [1.165, 1.54) is 25.8 Å². The fourth-order valence-corrected chi connectivity index (χ4v) is 3.55. The highest BCUT2D eigenvalue weighted by atomic mass is 15.3. The lowest BCUT2D eigenvalue weighted by Crippen LogP contribution is -2.64. The number of nitrogens with one attached hydrogen (secondary N) is 1. The van der Waals surface area contributed by atoms with Gasteiger partial charge in [-0.15, -0.1) is 0 Å². The molecule has 0 radical (unpaired) electrons. The third-order valence-electron chi connectivity index (χ3n) is 4.62. The molecule has 2 aliphatic rings. The van der Waals surface area contributed by atoms with Gasteiger partial charge >= 0.3 is 0 Å².